The van der Waals surface area contributed by atoms with Gasteiger partial charge >= 0.3 is 0 Å². The highest BCUT2D eigenvalue weighted by Crippen LogP contribution is 2.13. The summed E-state index contributed by atoms with van der Waals surface area (Å²) in [4.78, 5) is 4.89. The van der Waals surface area contributed by atoms with E-state index in [1.165, 1.54) is 0 Å². The first-order valence-electron chi connectivity index (χ1n) is 6.37. The Bertz CT molecular complexity index is 189. The molecule has 0 aromatic heterocycles. The molecule has 0 bridgehead atoms. The van der Waals surface area contributed by atoms with Crippen molar-refractivity contribution in [1.82, 2.24) is 15.1 Å². The molecular weight excluding hydrogens is 202 g/mol. The molecule has 1 heterocycles. The minimum absolute atomic E-state index is 0.216. The van der Waals surface area contributed by atoms with Crippen molar-refractivity contribution in [3.8, 4) is 0 Å². The summed E-state index contributed by atoms with van der Waals surface area (Å²) in [5, 5.41) is 12.6. The summed E-state index contributed by atoms with van der Waals surface area (Å²) in [6.45, 7) is 10.9. The van der Waals surface area contributed by atoms with Gasteiger partial charge in [0.25, 0.3) is 0 Å². The molecule has 0 saturated carbocycles. The summed E-state index contributed by atoms with van der Waals surface area (Å²) in [5.41, 5.74) is 0. The zero-order chi connectivity index (χ0) is 12.1. The van der Waals surface area contributed by atoms with Gasteiger partial charge in [-0.25, -0.2) is 0 Å². The number of piperazine rings is 1. The molecule has 3 atom stereocenters. The number of hydrogen-bond donors (Lipinski definition) is 2. The fraction of sp³-hybridized carbons (Fsp3) is 1.00. The molecule has 1 saturated heterocycles. The second-order valence-electron chi connectivity index (χ2n) is 5.02. The molecule has 16 heavy (non-hydrogen) atoms. The number of rotatable bonds is 5. The van der Waals surface area contributed by atoms with Gasteiger partial charge in [-0.2, -0.15) is 0 Å². The topological polar surface area (TPSA) is 38.7 Å². The minimum Gasteiger partial charge on any atom is -0.395 e. The average molecular weight is 229 g/mol. The Morgan fingerprint density at radius 3 is 2.31 bits per heavy atom. The molecule has 3 unspecified atom stereocenters. The monoisotopic (exact) mass is 229 g/mol. The van der Waals surface area contributed by atoms with E-state index in [1.807, 2.05) is 0 Å². The average Bonchev–Trinajstić information content (AvgIpc) is 2.25. The molecule has 1 rings (SSSR count). The van der Waals surface area contributed by atoms with Gasteiger partial charge in [0.2, 0.25) is 0 Å². The fourth-order valence-electron chi connectivity index (χ4n) is 2.45. The van der Waals surface area contributed by atoms with E-state index < -0.39 is 0 Å². The largest absolute Gasteiger partial charge is 0.395 e. The van der Waals surface area contributed by atoms with Crippen LogP contribution in [0.3, 0.4) is 0 Å². The van der Waals surface area contributed by atoms with Crippen molar-refractivity contribution in [2.75, 3.05) is 39.8 Å². The van der Waals surface area contributed by atoms with E-state index in [4.69, 9.17) is 0 Å². The van der Waals surface area contributed by atoms with Crippen LogP contribution in [0, 0.1) is 0 Å². The van der Waals surface area contributed by atoms with Gasteiger partial charge in [0.1, 0.15) is 0 Å². The van der Waals surface area contributed by atoms with Crippen LogP contribution in [-0.4, -0.2) is 72.9 Å². The quantitative estimate of drug-likeness (QED) is 0.695. The number of aliphatic hydroxyl groups is 1. The van der Waals surface area contributed by atoms with Crippen LogP contribution in [0.1, 0.15) is 20.8 Å². The summed E-state index contributed by atoms with van der Waals surface area (Å²) >= 11 is 0. The maximum absolute atomic E-state index is 9.27. The molecule has 1 aliphatic heterocycles. The highest BCUT2D eigenvalue weighted by molar-refractivity contribution is 4.84. The highest BCUT2D eigenvalue weighted by Gasteiger charge is 2.27. The summed E-state index contributed by atoms with van der Waals surface area (Å²) in [5.74, 6) is 0. The van der Waals surface area contributed by atoms with Crippen molar-refractivity contribution >= 4 is 0 Å². The van der Waals surface area contributed by atoms with Gasteiger partial charge in [-0.15, -0.1) is 0 Å². The molecule has 0 radical (unpaired) electrons. The van der Waals surface area contributed by atoms with Crippen LogP contribution < -0.4 is 5.32 Å². The summed E-state index contributed by atoms with van der Waals surface area (Å²) < 4.78 is 0. The molecule has 1 aliphatic rings. The Morgan fingerprint density at radius 1 is 1.31 bits per heavy atom. The van der Waals surface area contributed by atoms with Crippen LogP contribution >= 0.6 is 0 Å². The number of aliphatic hydroxyl groups excluding tert-OH is 1. The van der Waals surface area contributed by atoms with Crippen molar-refractivity contribution in [3.63, 3.8) is 0 Å². The van der Waals surface area contributed by atoms with Gasteiger partial charge < -0.3 is 10.4 Å². The van der Waals surface area contributed by atoms with E-state index >= 15 is 0 Å². The molecule has 4 heteroatoms. The van der Waals surface area contributed by atoms with Crippen LogP contribution in [-0.2, 0) is 0 Å². The highest BCUT2D eigenvalue weighted by atomic mass is 16.3. The van der Waals surface area contributed by atoms with E-state index in [0.717, 1.165) is 26.2 Å². The van der Waals surface area contributed by atoms with Crippen molar-refractivity contribution in [2.45, 2.75) is 38.9 Å². The number of likely N-dealkylation sites (N-methyl/N-ethyl adjacent to an activating group) is 2. The molecule has 0 aliphatic carbocycles. The van der Waals surface area contributed by atoms with Crippen LogP contribution in [0.15, 0.2) is 0 Å². The Labute approximate surface area is 99.6 Å². The number of nitrogens with zero attached hydrogens (tertiary/aromatic N) is 2. The fourth-order valence-corrected chi connectivity index (χ4v) is 2.45. The molecule has 0 aromatic rings. The van der Waals surface area contributed by atoms with E-state index in [2.05, 4.69) is 42.9 Å². The van der Waals surface area contributed by atoms with Gasteiger partial charge in [-0.1, -0.05) is 6.92 Å². The van der Waals surface area contributed by atoms with Gasteiger partial charge in [0, 0.05) is 37.8 Å². The number of hydrogen-bond acceptors (Lipinski definition) is 4. The van der Waals surface area contributed by atoms with E-state index in [-0.39, 0.29) is 12.6 Å². The Hall–Kier alpha value is -0.160. The van der Waals surface area contributed by atoms with Crippen LogP contribution in [0.5, 0.6) is 0 Å². The molecule has 96 valence electrons. The lowest BCUT2D eigenvalue weighted by Gasteiger charge is -2.43. The molecule has 4 nitrogen and oxygen atoms in total. The third kappa shape index (κ3) is 3.70. The first kappa shape index (κ1) is 13.9. The molecule has 2 N–H and O–H groups in total. The standard InChI is InChI=1S/C12H27N3O/c1-5-13-12(9-16)8-15-6-10(2)14(4)11(3)7-15/h10-13,16H,5-9H2,1-4H3. The third-order valence-corrected chi connectivity index (χ3v) is 3.63. The third-order valence-electron chi connectivity index (χ3n) is 3.63. The second-order valence-corrected chi connectivity index (χ2v) is 5.02. The lowest BCUT2D eigenvalue weighted by atomic mass is 10.1. The van der Waals surface area contributed by atoms with E-state index in [0.29, 0.717) is 12.1 Å². The Kier molecular flexibility index (Phi) is 5.69. The SMILES string of the molecule is CCNC(CO)CN1CC(C)N(C)C(C)C1. The van der Waals surface area contributed by atoms with Crippen molar-refractivity contribution < 1.29 is 5.11 Å². The van der Waals surface area contributed by atoms with Crippen LogP contribution in [0.2, 0.25) is 0 Å². The Balaban J connectivity index is 2.42. The first-order valence-corrected chi connectivity index (χ1v) is 6.37. The van der Waals surface area contributed by atoms with Crippen LogP contribution in [0.25, 0.3) is 0 Å². The predicted octanol–water partition coefficient (Wildman–Crippen LogP) is -0.0188. The van der Waals surface area contributed by atoms with E-state index in [1.54, 1.807) is 0 Å². The lowest BCUT2D eigenvalue weighted by Crippen LogP contribution is -2.57. The molecule has 0 amide bonds. The zero-order valence-corrected chi connectivity index (χ0v) is 11.1. The number of nitrogens with one attached hydrogen (secondary N) is 1. The summed E-state index contributed by atoms with van der Waals surface area (Å²) in [6, 6.07) is 1.42. The predicted molar refractivity (Wildman–Crippen MR) is 67.7 cm³/mol. The van der Waals surface area contributed by atoms with Gasteiger partial charge in [-0.3, -0.25) is 9.80 Å². The van der Waals surface area contributed by atoms with E-state index in [9.17, 15) is 5.11 Å². The van der Waals surface area contributed by atoms with Gasteiger partial charge in [0.05, 0.1) is 6.61 Å². The smallest absolute Gasteiger partial charge is 0.0597 e. The second kappa shape index (κ2) is 6.55. The van der Waals surface area contributed by atoms with Crippen LogP contribution in [0.4, 0.5) is 0 Å². The van der Waals surface area contributed by atoms with Crippen molar-refractivity contribution in [3.05, 3.63) is 0 Å². The van der Waals surface area contributed by atoms with Gasteiger partial charge in [0.15, 0.2) is 0 Å². The van der Waals surface area contributed by atoms with Crippen molar-refractivity contribution in [2.24, 2.45) is 0 Å². The zero-order valence-electron chi connectivity index (χ0n) is 11.1. The molecule has 0 spiro atoms. The summed E-state index contributed by atoms with van der Waals surface area (Å²) in [7, 11) is 2.19. The lowest BCUT2D eigenvalue weighted by molar-refractivity contribution is 0.0492. The Morgan fingerprint density at radius 2 is 1.88 bits per heavy atom. The normalized spacial score (nSPS) is 30.6. The molecular formula is C12H27N3O. The maximum Gasteiger partial charge on any atom is 0.0597 e. The molecule has 1 fully saturated rings. The molecule has 0 aromatic carbocycles. The summed E-state index contributed by atoms with van der Waals surface area (Å²) in [6.07, 6.45) is 0. The minimum atomic E-state index is 0.216. The van der Waals surface area contributed by atoms with Crippen molar-refractivity contribution in [1.29, 1.82) is 0 Å². The maximum atomic E-state index is 9.27. The van der Waals surface area contributed by atoms with Gasteiger partial charge in [-0.05, 0) is 27.4 Å². The first-order chi connectivity index (χ1) is 7.58.